The van der Waals surface area contributed by atoms with Crippen molar-refractivity contribution in [1.29, 1.82) is 0 Å². The van der Waals surface area contributed by atoms with E-state index >= 15 is 0 Å². The fraction of sp³-hybridized carbons (Fsp3) is 0.200. The molecule has 0 aliphatic heterocycles. The third-order valence-electron chi connectivity index (χ3n) is 3.52. The fourth-order valence-electron chi connectivity index (χ4n) is 2.20. The fourth-order valence-corrected chi connectivity index (χ4v) is 3.56. The van der Waals surface area contributed by atoms with E-state index in [0.29, 0.717) is 38.9 Å². The third-order valence-corrected chi connectivity index (χ3v) is 5.05. The monoisotopic (exact) mass is 375 g/mol. The molecule has 1 aromatic carbocycles. The lowest BCUT2D eigenvalue weighted by Gasteiger charge is -2.01. The van der Waals surface area contributed by atoms with E-state index in [1.807, 2.05) is 6.92 Å². The Kier molecular flexibility index (Phi) is 4.81. The van der Waals surface area contributed by atoms with Gasteiger partial charge in [0.2, 0.25) is 0 Å². The van der Waals surface area contributed by atoms with Gasteiger partial charge in [0.25, 0.3) is 11.6 Å². The molecule has 3 aromatic rings. The molecule has 0 atom stereocenters. The number of aromatic nitrogens is 3. The Bertz CT molecular complexity index is 950. The van der Waals surface area contributed by atoms with E-state index in [-0.39, 0.29) is 11.6 Å². The number of nitrogens with zero attached hydrogens (tertiary/aromatic N) is 4. The van der Waals surface area contributed by atoms with E-state index in [2.05, 4.69) is 19.9 Å². The van der Waals surface area contributed by atoms with E-state index in [1.165, 1.54) is 17.4 Å². The molecule has 10 heteroatoms. The first kappa shape index (κ1) is 17.1. The molecule has 2 aromatic heterocycles. The largest absolute Gasteiger partial charge is 0.297 e. The number of anilines is 1. The van der Waals surface area contributed by atoms with Crippen LogP contribution in [0.4, 0.5) is 10.8 Å². The quantitative estimate of drug-likeness (QED) is 0.538. The first-order valence-corrected chi connectivity index (χ1v) is 8.98. The van der Waals surface area contributed by atoms with Crippen molar-refractivity contribution in [2.24, 2.45) is 0 Å². The number of benzene rings is 1. The number of carbonyl (C=O) groups is 1. The van der Waals surface area contributed by atoms with Crippen LogP contribution in [0.1, 0.15) is 27.9 Å². The van der Waals surface area contributed by atoms with Crippen LogP contribution >= 0.6 is 22.9 Å². The van der Waals surface area contributed by atoms with Crippen molar-refractivity contribution in [2.45, 2.75) is 20.3 Å². The summed E-state index contributed by atoms with van der Waals surface area (Å²) in [6.45, 7) is 3.59. The average Bonchev–Trinajstić information content (AvgIpc) is 3.23. The van der Waals surface area contributed by atoms with Gasteiger partial charge in [-0.25, -0.2) is 4.98 Å². The van der Waals surface area contributed by atoms with E-state index in [0.717, 1.165) is 11.5 Å². The predicted octanol–water partition coefficient (Wildman–Crippen LogP) is 3.69. The molecule has 0 aliphatic carbocycles. The van der Waals surface area contributed by atoms with Crippen LogP contribution in [0, 0.1) is 17.0 Å². The maximum absolute atomic E-state index is 12.3. The molecule has 0 bridgehead atoms. The summed E-state index contributed by atoms with van der Waals surface area (Å²) in [7, 11) is 0. The highest BCUT2D eigenvalue weighted by atomic mass is 32.1. The van der Waals surface area contributed by atoms with Gasteiger partial charge >= 0.3 is 0 Å². The number of aryl methyl sites for hydroxylation is 2. The van der Waals surface area contributed by atoms with Crippen molar-refractivity contribution in [3.63, 3.8) is 0 Å². The van der Waals surface area contributed by atoms with Crippen molar-refractivity contribution in [2.75, 3.05) is 5.32 Å². The Hall–Kier alpha value is -2.72. The van der Waals surface area contributed by atoms with Crippen molar-refractivity contribution in [3.05, 3.63) is 49.8 Å². The first-order valence-electron chi connectivity index (χ1n) is 7.33. The van der Waals surface area contributed by atoms with E-state index in [9.17, 15) is 14.9 Å². The molecule has 3 rings (SSSR count). The SMILES string of the molecule is CCc1nnsc1C(=O)Nc1nc(-c2ccc(C)c([N+](=O)[O-])c2)cs1. The molecule has 0 saturated carbocycles. The number of thiazole rings is 1. The topological polar surface area (TPSA) is 111 Å². The number of hydrogen-bond acceptors (Lipinski definition) is 8. The molecule has 0 aliphatic rings. The molecule has 0 saturated heterocycles. The van der Waals surface area contributed by atoms with Gasteiger partial charge in [0.1, 0.15) is 4.88 Å². The predicted molar refractivity (Wildman–Crippen MR) is 96.2 cm³/mol. The van der Waals surface area contributed by atoms with Gasteiger partial charge in [0, 0.05) is 22.6 Å². The number of nitro benzene ring substituents is 1. The van der Waals surface area contributed by atoms with Gasteiger partial charge in [-0.15, -0.1) is 16.4 Å². The number of rotatable bonds is 5. The van der Waals surface area contributed by atoms with Gasteiger partial charge in [0.15, 0.2) is 5.13 Å². The second-order valence-electron chi connectivity index (χ2n) is 5.15. The van der Waals surface area contributed by atoms with Crippen molar-refractivity contribution in [1.82, 2.24) is 14.6 Å². The first-order chi connectivity index (χ1) is 12.0. The summed E-state index contributed by atoms with van der Waals surface area (Å²) in [5.41, 5.74) is 2.47. The van der Waals surface area contributed by atoms with Crippen LogP contribution in [0.2, 0.25) is 0 Å². The standard InChI is InChI=1S/C15H13N5O3S2/c1-3-10-13(25-19-18-10)14(21)17-15-16-11(7-24-15)9-5-4-8(2)12(6-9)20(22)23/h4-7H,3H2,1-2H3,(H,16,17,21). The normalized spacial score (nSPS) is 10.6. The zero-order valence-electron chi connectivity index (χ0n) is 13.3. The molecule has 1 N–H and O–H groups in total. The maximum atomic E-state index is 12.3. The van der Waals surface area contributed by atoms with Crippen LogP contribution in [0.15, 0.2) is 23.6 Å². The lowest BCUT2D eigenvalue weighted by Crippen LogP contribution is -2.12. The highest BCUT2D eigenvalue weighted by molar-refractivity contribution is 7.14. The smallest absolute Gasteiger partial charge is 0.272 e. The van der Waals surface area contributed by atoms with Gasteiger partial charge in [0.05, 0.1) is 16.3 Å². The lowest BCUT2D eigenvalue weighted by atomic mass is 10.1. The zero-order valence-corrected chi connectivity index (χ0v) is 15.0. The third kappa shape index (κ3) is 3.54. The Morgan fingerprint density at radius 3 is 2.92 bits per heavy atom. The number of nitrogens with one attached hydrogen (secondary N) is 1. The average molecular weight is 375 g/mol. The van der Waals surface area contributed by atoms with Crippen molar-refractivity contribution in [3.8, 4) is 11.3 Å². The summed E-state index contributed by atoms with van der Waals surface area (Å²) in [6, 6.07) is 4.94. The van der Waals surface area contributed by atoms with Gasteiger partial charge in [-0.2, -0.15) is 0 Å². The molecular formula is C15H13N5O3S2. The number of nitro groups is 1. The summed E-state index contributed by atoms with van der Waals surface area (Å²) in [5, 5.41) is 19.9. The summed E-state index contributed by atoms with van der Waals surface area (Å²) in [4.78, 5) is 27.7. The number of hydrogen-bond donors (Lipinski definition) is 1. The van der Waals surface area contributed by atoms with Crippen molar-refractivity contribution >= 4 is 39.6 Å². The molecular weight excluding hydrogens is 362 g/mol. The van der Waals surface area contributed by atoms with Crippen LogP contribution in [0.25, 0.3) is 11.3 Å². The molecule has 0 radical (unpaired) electrons. The van der Waals surface area contributed by atoms with Crippen molar-refractivity contribution < 1.29 is 9.72 Å². The van der Waals surface area contributed by atoms with Crippen LogP contribution < -0.4 is 5.32 Å². The molecule has 25 heavy (non-hydrogen) atoms. The van der Waals surface area contributed by atoms with Crippen LogP contribution in [0.3, 0.4) is 0 Å². The minimum Gasteiger partial charge on any atom is -0.297 e. The van der Waals surface area contributed by atoms with Gasteiger partial charge in [-0.3, -0.25) is 20.2 Å². The van der Waals surface area contributed by atoms with Gasteiger partial charge in [-0.05, 0) is 24.9 Å². The molecule has 1 amide bonds. The second kappa shape index (κ2) is 7.03. The highest BCUT2D eigenvalue weighted by Gasteiger charge is 2.18. The van der Waals surface area contributed by atoms with Gasteiger partial charge in [-0.1, -0.05) is 23.5 Å². The summed E-state index contributed by atoms with van der Waals surface area (Å²) in [5.74, 6) is -0.303. The highest BCUT2D eigenvalue weighted by Crippen LogP contribution is 2.29. The number of amides is 1. The summed E-state index contributed by atoms with van der Waals surface area (Å²) in [6.07, 6.45) is 0.620. The van der Waals surface area contributed by atoms with Crippen LogP contribution in [-0.2, 0) is 6.42 Å². The van der Waals surface area contributed by atoms with E-state index in [1.54, 1.807) is 24.4 Å². The molecule has 8 nitrogen and oxygen atoms in total. The number of carbonyl (C=O) groups excluding carboxylic acids is 1. The van der Waals surface area contributed by atoms with E-state index < -0.39 is 4.92 Å². The Morgan fingerprint density at radius 1 is 1.40 bits per heavy atom. The maximum Gasteiger partial charge on any atom is 0.272 e. The Labute approximate surface area is 150 Å². The Balaban J connectivity index is 1.82. The van der Waals surface area contributed by atoms with E-state index in [4.69, 9.17) is 0 Å². The Morgan fingerprint density at radius 2 is 2.20 bits per heavy atom. The lowest BCUT2D eigenvalue weighted by molar-refractivity contribution is -0.385. The minimum absolute atomic E-state index is 0.0411. The molecule has 0 unspecified atom stereocenters. The molecule has 0 spiro atoms. The van der Waals surface area contributed by atoms with Crippen LogP contribution in [-0.4, -0.2) is 25.4 Å². The minimum atomic E-state index is -0.420. The zero-order chi connectivity index (χ0) is 18.0. The van der Waals surface area contributed by atoms with Crippen LogP contribution in [0.5, 0.6) is 0 Å². The molecule has 2 heterocycles. The van der Waals surface area contributed by atoms with Gasteiger partial charge < -0.3 is 0 Å². The molecule has 128 valence electrons. The summed E-state index contributed by atoms with van der Waals surface area (Å²) >= 11 is 2.29. The molecule has 0 fully saturated rings. The summed E-state index contributed by atoms with van der Waals surface area (Å²) < 4.78 is 3.79. The second-order valence-corrected chi connectivity index (χ2v) is 6.76.